The fourth-order valence-corrected chi connectivity index (χ4v) is 3.29. The second kappa shape index (κ2) is 15.0. The number of carbonyl (C=O) groups excluding carboxylic acids is 2. The zero-order chi connectivity index (χ0) is 16.5. The molecule has 0 radical (unpaired) electrons. The zero-order valence-electron chi connectivity index (χ0n) is 14.0. The average Bonchev–Trinajstić information content (AvgIpc) is 2.39. The third-order valence-electron chi connectivity index (χ3n) is 3.06. The van der Waals surface area contributed by atoms with Crippen molar-refractivity contribution < 1.29 is 135 Å². The summed E-state index contributed by atoms with van der Waals surface area (Å²) >= 11 is 0. The van der Waals surface area contributed by atoms with Crippen LogP contribution in [-0.2, 0) is 23.9 Å². The molecule has 122 valence electrons. The van der Waals surface area contributed by atoms with E-state index in [2.05, 4.69) is 10.8 Å². The maximum atomic E-state index is 12.1. The number of unbranched alkanes of at least 4 members (excludes halogenated alkanes) is 3. The van der Waals surface area contributed by atoms with Gasteiger partial charge >= 0.3 is 103 Å². The average molecular weight is 399 g/mol. The summed E-state index contributed by atoms with van der Waals surface area (Å²) in [6.07, 6.45) is 1.96. The minimum absolute atomic E-state index is 0. The quantitative estimate of drug-likeness (QED) is 0.138. The first-order valence-electron chi connectivity index (χ1n) is 6.64. The fraction of sp³-hybridized carbons (Fsp3) is 0.692. The van der Waals surface area contributed by atoms with Crippen LogP contribution in [0.1, 0.15) is 45.4 Å². The molecule has 0 aromatic heterocycles. The summed E-state index contributed by atoms with van der Waals surface area (Å²) in [6.45, 7) is 4.74. The molecule has 0 fully saturated rings. The van der Waals surface area contributed by atoms with E-state index in [1.54, 1.807) is 0 Å². The third-order valence-corrected chi connectivity index (χ3v) is 4.97. The van der Waals surface area contributed by atoms with Crippen LogP contribution in [0.15, 0.2) is 12.7 Å². The summed E-state index contributed by atoms with van der Waals surface area (Å²) in [5.74, 6) is -3.78. The predicted octanol–water partition coefficient (Wildman–Crippen LogP) is -6.87. The molecular formula is C13H20K2O7S. The van der Waals surface area contributed by atoms with Crippen LogP contribution in [0.25, 0.3) is 0 Å². The fourth-order valence-electron chi connectivity index (χ4n) is 1.90. The number of carbonyl (C=O) groups is 2. The topological polar surface area (TPSA) is 124 Å². The van der Waals surface area contributed by atoms with Gasteiger partial charge in [-0.3, -0.25) is 4.18 Å². The van der Waals surface area contributed by atoms with Gasteiger partial charge in [0.2, 0.25) is 0 Å². The van der Waals surface area contributed by atoms with Gasteiger partial charge in [0, 0.05) is 12.4 Å². The second-order valence-electron chi connectivity index (χ2n) is 4.67. The molecule has 0 aliphatic heterocycles. The summed E-state index contributed by atoms with van der Waals surface area (Å²) < 4.78 is 26.0. The Morgan fingerprint density at radius 1 is 1.17 bits per heavy atom. The maximum absolute atomic E-state index is 12.1. The van der Waals surface area contributed by atoms with Crippen LogP contribution in [0.3, 0.4) is 0 Å². The summed E-state index contributed by atoms with van der Waals surface area (Å²) in [7, 11) is -4.68. The summed E-state index contributed by atoms with van der Waals surface area (Å²) in [5, 5.41) is 22.1. The molecule has 0 aromatic rings. The Morgan fingerprint density at radius 2 is 1.74 bits per heavy atom. The van der Waals surface area contributed by atoms with Gasteiger partial charge in [-0.2, -0.15) is 8.42 Å². The molecule has 0 saturated carbocycles. The summed E-state index contributed by atoms with van der Waals surface area (Å²) in [6, 6.07) is 0. The van der Waals surface area contributed by atoms with Gasteiger partial charge in [-0.15, -0.1) is 6.58 Å². The Balaban J connectivity index is -0.00000200. The van der Waals surface area contributed by atoms with E-state index in [9.17, 15) is 28.2 Å². The first-order chi connectivity index (χ1) is 9.73. The van der Waals surface area contributed by atoms with Crippen LogP contribution in [0.4, 0.5) is 0 Å². The van der Waals surface area contributed by atoms with Gasteiger partial charge in [-0.25, -0.2) is 0 Å². The Labute approximate surface area is 222 Å². The number of hydrogen-bond acceptors (Lipinski definition) is 7. The molecular weight excluding hydrogens is 378 g/mol. The van der Waals surface area contributed by atoms with Gasteiger partial charge in [-0.05, 0) is 6.42 Å². The molecule has 7 nitrogen and oxygen atoms in total. The zero-order valence-corrected chi connectivity index (χ0v) is 21.1. The largest absolute Gasteiger partial charge is 1.00 e. The van der Waals surface area contributed by atoms with Crippen LogP contribution in [0, 0.1) is 0 Å². The smallest absolute Gasteiger partial charge is 0.550 e. The molecule has 0 aliphatic carbocycles. The minimum Gasteiger partial charge on any atom is -0.550 e. The molecule has 0 amide bonds. The van der Waals surface area contributed by atoms with Crippen molar-refractivity contribution in [2.45, 2.75) is 50.2 Å². The van der Waals surface area contributed by atoms with Crippen molar-refractivity contribution in [2.75, 3.05) is 6.61 Å². The van der Waals surface area contributed by atoms with Crippen molar-refractivity contribution in [3.63, 3.8) is 0 Å². The first-order valence-corrected chi connectivity index (χ1v) is 8.05. The molecule has 1 atom stereocenters. The van der Waals surface area contributed by atoms with Crippen molar-refractivity contribution >= 4 is 22.1 Å². The molecule has 0 heterocycles. The molecule has 0 rings (SSSR count). The van der Waals surface area contributed by atoms with Crippen LogP contribution >= 0.6 is 0 Å². The maximum Gasteiger partial charge on any atom is 1.00 e. The van der Waals surface area contributed by atoms with Crippen LogP contribution in [0.2, 0.25) is 0 Å². The minimum atomic E-state index is -4.68. The van der Waals surface area contributed by atoms with Gasteiger partial charge in [-0.1, -0.05) is 38.7 Å². The molecule has 0 bridgehead atoms. The Bertz CT molecular complexity index is 479. The monoisotopic (exact) mass is 398 g/mol. The number of hydrogen-bond donors (Lipinski definition) is 0. The van der Waals surface area contributed by atoms with E-state index < -0.39 is 46.3 Å². The van der Waals surface area contributed by atoms with Gasteiger partial charge in [0.25, 0.3) is 10.1 Å². The predicted molar refractivity (Wildman–Crippen MR) is 71.2 cm³/mol. The van der Waals surface area contributed by atoms with E-state index in [1.165, 1.54) is 0 Å². The van der Waals surface area contributed by atoms with Crippen molar-refractivity contribution in [3.8, 4) is 0 Å². The Morgan fingerprint density at radius 3 is 2.13 bits per heavy atom. The summed E-state index contributed by atoms with van der Waals surface area (Å²) in [4.78, 5) is 22.1. The van der Waals surface area contributed by atoms with Gasteiger partial charge in [0.05, 0.1) is 12.6 Å². The van der Waals surface area contributed by atoms with Gasteiger partial charge < -0.3 is 19.8 Å². The van der Waals surface area contributed by atoms with E-state index in [1.807, 2.05) is 6.92 Å². The van der Waals surface area contributed by atoms with E-state index >= 15 is 0 Å². The van der Waals surface area contributed by atoms with E-state index in [0.717, 1.165) is 18.9 Å². The third kappa shape index (κ3) is 9.95. The molecule has 0 aromatic carbocycles. The van der Waals surface area contributed by atoms with Gasteiger partial charge in [0.1, 0.15) is 4.75 Å². The second-order valence-corrected chi connectivity index (χ2v) is 6.59. The van der Waals surface area contributed by atoms with E-state index in [4.69, 9.17) is 0 Å². The van der Waals surface area contributed by atoms with Crippen molar-refractivity contribution in [1.29, 1.82) is 0 Å². The molecule has 0 saturated heterocycles. The van der Waals surface area contributed by atoms with Crippen LogP contribution < -0.4 is 113 Å². The summed E-state index contributed by atoms with van der Waals surface area (Å²) in [5.41, 5.74) is 0. The molecule has 0 aliphatic rings. The standard InChI is InChI=1S/C13H22O7S.2K/c1-3-5-6-7-8-13(12(16)17,10-11(14)15)21(18,19)20-9-4-2;;/h4H,2-3,5-10H2,1H3,(H,14,15)(H,16,17);;/q;2*+1/p-2. The Kier molecular flexibility index (Phi) is 19.3. The molecule has 10 heteroatoms. The molecule has 0 N–H and O–H groups in total. The van der Waals surface area contributed by atoms with Crippen molar-refractivity contribution in [2.24, 2.45) is 0 Å². The van der Waals surface area contributed by atoms with Crippen LogP contribution in [0.5, 0.6) is 0 Å². The molecule has 1 unspecified atom stereocenters. The van der Waals surface area contributed by atoms with E-state index in [-0.39, 0.29) is 109 Å². The number of rotatable bonds is 12. The molecule has 0 spiro atoms. The Hall–Kier alpha value is 1.86. The first kappa shape index (κ1) is 29.6. The SMILES string of the molecule is C=CCOS(=O)(=O)C(CCCCCC)(CC(=O)[O-])C(=O)[O-].[K+].[K+]. The number of carboxylic acids is 2. The molecule has 23 heavy (non-hydrogen) atoms. The van der Waals surface area contributed by atoms with Crippen LogP contribution in [-0.4, -0.2) is 31.7 Å². The van der Waals surface area contributed by atoms with Crippen molar-refractivity contribution in [3.05, 3.63) is 12.7 Å². The van der Waals surface area contributed by atoms with E-state index in [0.29, 0.717) is 6.42 Å². The normalized spacial score (nSPS) is 13.1. The number of aliphatic carboxylic acids is 2. The van der Waals surface area contributed by atoms with Gasteiger partial charge in [0.15, 0.2) is 0 Å². The number of carboxylic acid groups (broad SMARTS) is 2. The van der Waals surface area contributed by atoms with Crippen molar-refractivity contribution in [1.82, 2.24) is 0 Å².